The molecule has 6 heteroatoms. The van der Waals surface area contributed by atoms with E-state index >= 15 is 0 Å². The van der Waals surface area contributed by atoms with Crippen molar-refractivity contribution in [3.8, 4) is 11.5 Å². The van der Waals surface area contributed by atoms with E-state index in [1.54, 1.807) is 12.1 Å². The van der Waals surface area contributed by atoms with E-state index in [-0.39, 0.29) is 16.4 Å². The van der Waals surface area contributed by atoms with Crippen LogP contribution in [0.5, 0.6) is 11.5 Å². The molecule has 0 heterocycles. The van der Waals surface area contributed by atoms with Crippen LogP contribution in [0.25, 0.3) is 21.5 Å². The first-order chi connectivity index (χ1) is 10.5. The molecule has 3 aromatic carbocycles. The van der Waals surface area contributed by atoms with E-state index in [4.69, 9.17) is 9.47 Å². The molecule has 3 rings (SSSR count). The van der Waals surface area contributed by atoms with E-state index in [0.717, 1.165) is 10.8 Å². The third-order valence-corrected chi connectivity index (χ3v) is 4.48. The summed E-state index contributed by atoms with van der Waals surface area (Å²) in [7, 11) is -1.73. The Morgan fingerprint density at radius 2 is 1.55 bits per heavy atom. The quantitative estimate of drug-likeness (QED) is 0.593. The molecule has 1 N–H and O–H groups in total. The van der Waals surface area contributed by atoms with Crippen molar-refractivity contribution in [3.05, 3.63) is 42.5 Å². The van der Waals surface area contributed by atoms with Gasteiger partial charge in [-0.2, -0.15) is 8.42 Å². The number of ether oxygens (including phenoxy) is 2. The Bertz CT molecular complexity index is 977. The Morgan fingerprint density at radius 1 is 0.909 bits per heavy atom. The molecule has 0 saturated carbocycles. The normalized spacial score (nSPS) is 11.8. The first kappa shape index (κ1) is 14.6. The maximum Gasteiger partial charge on any atom is 0.299 e. The molecule has 0 fully saturated rings. The number of rotatable bonds is 3. The summed E-state index contributed by atoms with van der Waals surface area (Å²) in [5, 5.41) is 2.86. The van der Waals surface area contributed by atoms with Crippen molar-refractivity contribution in [2.24, 2.45) is 0 Å². The molecule has 3 aromatic rings. The summed E-state index contributed by atoms with van der Waals surface area (Å²) in [5.41, 5.74) is 0. The zero-order valence-electron chi connectivity index (χ0n) is 12.0. The summed E-state index contributed by atoms with van der Waals surface area (Å²) in [4.78, 5) is -0.282. The molecule has 0 aromatic heterocycles. The highest BCUT2D eigenvalue weighted by Gasteiger charge is 2.24. The molecule has 0 radical (unpaired) electrons. The van der Waals surface area contributed by atoms with Gasteiger partial charge in [0, 0.05) is 5.39 Å². The van der Waals surface area contributed by atoms with Crippen LogP contribution >= 0.6 is 0 Å². The van der Waals surface area contributed by atoms with Crippen molar-refractivity contribution in [1.29, 1.82) is 0 Å². The lowest BCUT2D eigenvalue weighted by atomic mass is 10.0. The van der Waals surface area contributed by atoms with Gasteiger partial charge in [-0.15, -0.1) is 0 Å². The number of hydrogen-bond acceptors (Lipinski definition) is 4. The molecule has 5 nitrogen and oxygen atoms in total. The first-order valence-electron chi connectivity index (χ1n) is 6.50. The van der Waals surface area contributed by atoms with Crippen molar-refractivity contribution in [3.63, 3.8) is 0 Å². The van der Waals surface area contributed by atoms with E-state index in [1.807, 2.05) is 30.3 Å². The van der Waals surface area contributed by atoms with Crippen molar-refractivity contribution < 1.29 is 22.4 Å². The second-order valence-electron chi connectivity index (χ2n) is 4.84. The predicted octanol–water partition coefficient (Wildman–Crippen LogP) is 3.26. The van der Waals surface area contributed by atoms with Crippen molar-refractivity contribution in [2.75, 3.05) is 14.2 Å². The topological polar surface area (TPSA) is 72.8 Å². The van der Waals surface area contributed by atoms with Gasteiger partial charge in [-0.25, -0.2) is 0 Å². The van der Waals surface area contributed by atoms with Crippen molar-refractivity contribution in [2.45, 2.75) is 4.90 Å². The van der Waals surface area contributed by atoms with Crippen LogP contribution in [0.3, 0.4) is 0 Å². The molecule has 0 aliphatic heterocycles. The number of methoxy groups -OCH3 is 2. The predicted molar refractivity (Wildman–Crippen MR) is 84.4 cm³/mol. The Hall–Kier alpha value is -2.31. The van der Waals surface area contributed by atoms with Crippen LogP contribution in [0, 0.1) is 0 Å². The fourth-order valence-corrected chi connectivity index (χ4v) is 3.49. The van der Waals surface area contributed by atoms with E-state index in [1.165, 1.54) is 14.2 Å². The zero-order chi connectivity index (χ0) is 15.9. The van der Waals surface area contributed by atoms with Crippen molar-refractivity contribution >= 4 is 31.7 Å². The molecule has 0 spiro atoms. The Labute approximate surface area is 127 Å². The molecule has 0 aliphatic rings. The van der Waals surface area contributed by atoms with Crippen LogP contribution in [0.15, 0.2) is 47.4 Å². The average molecular weight is 318 g/mol. The molecular formula is C16H14O5S. The van der Waals surface area contributed by atoms with E-state index in [2.05, 4.69) is 0 Å². The SMILES string of the molecule is COc1cc2cc3ccccc3cc2c(S(=O)(=O)O)c1OC. The smallest absolute Gasteiger partial charge is 0.299 e. The van der Waals surface area contributed by atoms with Gasteiger partial charge in [0.1, 0.15) is 4.90 Å². The first-order valence-corrected chi connectivity index (χ1v) is 7.94. The molecular weight excluding hydrogens is 304 g/mol. The summed E-state index contributed by atoms with van der Waals surface area (Å²) in [5.74, 6) is 0.241. The monoisotopic (exact) mass is 318 g/mol. The minimum absolute atomic E-state index is 0.00668. The fourth-order valence-electron chi connectivity index (χ4n) is 2.62. The van der Waals surface area contributed by atoms with Crippen LogP contribution in [0.2, 0.25) is 0 Å². The minimum Gasteiger partial charge on any atom is -0.493 e. The summed E-state index contributed by atoms with van der Waals surface area (Å²) in [6.45, 7) is 0. The second kappa shape index (κ2) is 5.15. The van der Waals surface area contributed by atoms with Crippen LogP contribution in [-0.4, -0.2) is 27.2 Å². The van der Waals surface area contributed by atoms with E-state index in [0.29, 0.717) is 10.8 Å². The van der Waals surface area contributed by atoms with Gasteiger partial charge in [-0.1, -0.05) is 24.3 Å². The number of hydrogen-bond donors (Lipinski definition) is 1. The largest absolute Gasteiger partial charge is 0.493 e. The molecule has 0 amide bonds. The maximum absolute atomic E-state index is 11.9. The van der Waals surface area contributed by atoms with Crippen molar-refractivity contribution in [1.82, 2.24) is 0 Å². The lowest BCUT2D eigenvalue weighted by molar-refractivity contribution is 0.346. The van der Waals surface area contributed by atoms with Gasteiger partial charge >= 0.3 is 0 Å². The third kappa shape index (κ3) is 2.26. The summed E-state index contributed by atoms with van der Waals surface area (Å²) < 4.78 is 43.7. The van der Waals surface area contributed by atoms with Gasteiger partial charge in [-0.3, -0.25) is 4.55 Å². The van der Waals surface area contributed by atoms with Gasteiger partial charge in [0.25, 0.3) is 10.1 Å². The summed E-state index contributed by atoms with van der Waals surface area (Å²) in [6, 6.07) is 12.8. The van der Waals surface area contributed by atoms with Gasteiger partial charge in [-0.05, 0) is 34.4 Å². The van der Waals surface area contributed by atoms with Gasteiger partial charge in [0.2, 0.25) is 0 Å². The van der Waals surface area contributed by atoms with Crippen LogP contribution in [0.4, 0.5) is 0 Å². The average Bonchev–Trinajstić information content (AvgIpc) is 2.49. The van der Waals surface area contributed by atoms with Gasteiger partial charge in [0.15, 0.2) is 11.5 Å². The van der Waals surface area contributed by atoms with Gasteiger partial charge < -0.3 is 9.47 Å². The highest BCUT2D eigenvalue weighted by Crippen LogP contribution is 2.41. The highest BCUT2D eigenvalue weighted by atomic mass is 32.2. The van der Waals surface area contributed by atoms with E-state index in [9.17, 15) is 13.0 Å². The fraction of sp³-hybridized carbons (Fsp3) is 0.125. The molecule has 22 heavy (non-hydrogen) atoms. The molecule has 0 saturated heterocycles. The number of fused-ring (bicyclic) bond motifs is 2. The number of benzene rings is 3. The van der Waals surface area contributed by atoms with Gasteiger partial charge in [0.05, 0.1) is 14.2 Å². The van der Waals surface area contributed by atoms with Crippen LogP contribution in [0.1, 0.15) is 0 Å². The maximum atomic E-state index is 11.9. The second-order valence-corrected chi connectivity index (χ2v) is 6.20. The minimum atomic E-state index is -4.48. The highest BCUT2D eigenvalue weighted by molar-refractivity contribution is 7.86. The molecule has 0 unspecified atom stereocenters. The summed E-state index contributed by atoms with van der Waals surface area (Å²) in [6.07, 6.45) is 0. The molecule has 0 bridgehead atoms. The Morgan fingerprint density at radius 3 is 2.09 bits per heavy atom. The Kier molecular flexibility index (Phi) is 3.42. The molecule has 0 aliphatic carbocycles. The van der Waals surface area contributed by atoms with Crippen LogP contribution in [-0.2, 0) is 10.1 Å². The Balaban J connectivity index is 2.57. The van der Waals surface area contributed by atoms with E-state index < -0.39 is 10.1 Å². The standard InChI is InChI=1S/C16H14O5S/c1-20-14-9-12-7-10-5-3-4-6-11(10)8-13(12)16(15(14)21-2)22(17,18)19/h3-9H,1-2H3,(H,17,18,19). The molecule has 114 valence electrons. The zero-order valence-corrected chi connectivity index (χ0v) is 12.8. The lowest BCUT2D eigenvalue weighted by Gasteiger charge is -2.14. The molecule has 0 atom stereocenters. The lowest BCUT2D eigenvalue weighted by Crippen LogP contribution is -2.04. The third-order valence-electron chi connectivity index (χ3n) is 3.56. The summed E-state index contributed by atoms with van der Waals surface area (Å²) >= 11 is 0. The van der Waals surface area contributed by atoms with Crippen LogP contribution < -0.4 is 9.47 Å².